The fourth-order valence-corrected chi connectivity index (χ4v) is 1.36. The average Bonchev–Trinajstić information content (AvgIpc) is 2.11. The molecule has 108 valence electrons. The van der Waals surface area contributed by atoms with Gasteiger partial charge < -0.3 is 26.6 Å². The second kappa shape index (κ2) is 6.57. The Kier molecular flexibility index (Phi) is 5.77. The minimum absolute atomic E-state index is 0.142. The number of hydrogen-bond donors (Lipinski definition) is 5. The number of rotatable bonds is 7. The van der Waals surface area contributed by atoms with E-state index in [9.17, 15) is 19.2 Å². The van der Waals surface area contributed by atoms with Crippen molar-refractivity contribution in [3.05, 3.63) is 0 Å². The number of carboxylic acids is 2. The van der Waals surface area contributed by atoms with E-state index in [4.69, 9.17) is 15.9 Å². The normalized spacial score (nSPS) is 12.3. The van der Waals surface area contributed by atoms with E-state index in [0.717, 1.165) is 0 Å². The van der Waals surface area contributed by atoms with Gasteiger partial charge in [0.2, 0.25) is 5.91 Å². The molecule has 0 aliphatic heterocycles. The highest BCUT2D eigenvalue weighted by molar-refractivity contribution is 5.86. The molecule has 0 rings (SSSR count). The molecular formula is C10H17N3O6. The van der Waals surface area contributed by atoms with Crippen molar-refractivity contribution in [2.45, 2.75) is 38.3 Å². The summed E-state index contributed by atoms with van der Waals surface area (Å²) in [7, 11) is 0. The number of primary amides is 1. The Hall–Kier alpha value is -2.32. The summed E-state index contributed by atoms with van der Waals surface area (Å²) in [4.78, 5) is 43.4. The standard InChI is InChI=1S/C10H17N3O6/c1-10(2,4-6(11)14)13-9(19)12-5(8(17)18)3-7(15)16/h5H,3-4H2,1-2H3,(H2,11,14)(H,15,16)(H,17,18)(H2,12,13,19). The Morgan fingerprint density at radius 3 is 2.11 bits per heavy atom. The minimum atomic E-state index is -1.55. The van der Waals surface area contributed by atoms with E-state index in [1.54, 1.807) is 0 Å². The summed E-state index contributed by atoms with van der Waals surface area (Å²) in [5.74, 6) is -3.46. The molecule has 3 amide bonds. The highest BCUT2D eigenvalue weighted by Gasteiger charge is 2.27. The molecule has 1 atom stereocenters. The van der Waals surface area contributed by atoms with Gasteiger partial charge in [0.1, 0.15) is 6.04 Å². The van der Waals surface area contributed by atoms with Crippen LogP contribution >= 0.6 is 0 Å². The number of carbonyl (C=O) groups is 4. The maximum Gasteiger partial charge on any atom is 0.326 e. The number of urea groups is 1. The van der Waals surface area contributed by atoms with E-state index in [-0.39, 0.29) is 6.42 Å². The SMILES string of the molecule is CC(C)(CC(N)=O)NC(=O)NC(CC(=O)O)C(=O)O. The molecule has 1 unspecified atom stereocenters. The van der Waals surface area contributed by atoms with Crippen LogP contribution in [0, 0.1) is 0 Å². The van der Waals surface area contributed by atoms with Crippen molar-refractivity contribution in [2.24, 2.45) is 5.73 Å². The van der Waals surface area contributed by atoms with E-state index in [2.05, 4.69) is 5.32 Å². The van der Waals surface area contributed by atoms with Gasteiger partial charge in [0, 0.05) is 12.0 Å². The second-order valence-corrected chi connectivity index (χ2v) is 4.61. The van der Waals surface area contributed by atoms with Crippen molar-refractivity contribution >= 4 is 23.9 Å². The van der Waals surface area contributed by atoms with Gasteiger partial charge in [-0.1, -0.05) is 0 Å². The van der Waals surface area contributed by atoms with Crippen molar-refractivity contribution in [1.82, 2.24) is 10.6 Å². The highest BCUT2D eigenvalue weighted by Crippen LogP contribution is 2.07. The van der Waals surface area contributed by atoms with Gasteiger partial charge in [-0.3, -0.25) is 9.59 Å². The molecule has 0 saturated heterocycles. The van der Waals surface area contributed by atoms with E-state index in [1.807, 2.05) is 5.32 Å². The molecule has 0 spiro atoms. The summed E-state index contributed by atoms with van der Waals surface area (Å²) < 4.78 is 0. The van der Waals surface area contributed by atoms with Gasteiger partial charge in [0.25, 0.3) is 0 Å². The first kappa shape index (κ1) is 16.7. The molecule has 0 aromatic heterocycles. The molecule has 0 fully saturated rings. The summed E-state index contributed by atoms with van der Waals surface area (Å²) in [5, 5.41) is 21.6. The molecule has 9 heteroatoms. The van der Waals surface area contributed by atoms with E-state index in [0.29, 0.717) is 0 Å². The van der Waals surface area contributed by atoms with Crippen LogP contribution in [0.1, 0.15) is 26.7 Å². The number of nitrogens with one attached hydrogen (secondary N) is 2. The molecule has 0 aliphatic carbocycles. The summed E-state index contributed by atoms with van der Waals surface area (Å²) in [6, 6.07) is -2.44. The quantitative estimate of drug-likeness (QED) is 0.395. The zero-order valence-electron chi connectivity index (χ0n) is 10.6. The Labute approximate surface area is 109 Å². The van der Waals surface area contributed by atoms with Gasteiger partial charge in [0.15, 0.2) is 0 Å². The fourth-order valence-electron chi connectivity index (χ4n) is 1.36. The molecular weight excluding hydrogens is 258 g/mol. The first-order valence-electron chi connectivity index (χ1n) is 5.35. The maximum atomic E-state index is 11.5. The summed E-state index contributed by atoms with van der Waals surface area (Å²) in [5.41, 5.74) is 4.02. The predicted octanol–water partition coefficient (Wildman–Crippen LogP) is -1.13. The first-order valence-corrected chi connectivity index (χ1v) is 5.35. The largest absolute Gasteiger partial charge is 0.481 e. The minimum Gasteiger partial charge on any atom is -0.481 e. The van der Waals surface area contributed by atoms with Gasteiger partial charge in [-0.15, -0.1) is 0 Å². The monoisotopic (exact) mass is 275 g/mol. The lowest BCUT2D eigenvalue weighted by Gasteiger charge is -2.25. The highest BCUT2D eigenvalue weighted by atomic mass is 16.4. The Morgan fingerprint density at radius 1 is 1.21 bits per heavy atom. The molecule has 0 aliphatic rings. The number of amides is 3. The molecule has 0 saturated carbocycles. The molecule has 0 heterocycles. The van der Waals surface area contributed by atoms with Crippen molar-refractivity contribution in [1.29, 1.82) is 0 Å². The van der Waals surface area contributed by atoms with Gasteiger partial charge in [-0.25, -0.2) is 9.59 Å². The van der Waals surface area contributed by atoms with Gasteiger partial charge in [-0.05, 0) is 13.8 Å². The van der Waals surface area contributed by atoms with E-state index >= 15 is 0 Å². The first-order chi connectivity index (χ1) is 8.53. The van der Waals surface area contributed by atoms with Crippen LogP contribution in [0.4, 0.5) is 4.79 Å². The number of aliphatic carboxylic acids is 2. The lowest BCUT2D eigenvalue weighted by molar-refractivity contribution is -0.145. The fraction of sp³-hybridized carbons (Fsp3) is 0.600. The van der Waals surface area contributed by atoms with Crippen molar-refractivity contribution in [2.75, 3.05) is 0 Å². The molecule has 0 bridgehead atoms. The number of carboxylic acid groups (broad SMARTS) is 2. The Balaban J connectivity index is 4.53. The van der Waals surface area contributed by atoms with Gasteiger partial charge in [0.05, 0.1) is 6.42 Å². The van der Waals surface area contributed by atoms with Crippen molar-refractivity contribution in [3.63, 3.8) is 0 Å². The average molecular weight is 275 g/mol. The lowest BCUT2D eigenvalue weighted by atomic mass is 10.0. The Bertz CT molecular complexity index is 393. The predicted molar refractivity (Wildman–Crippen MR) is 63.2 cm³/mol. The topological polar surface area (TPSA) is 159 Å². The van der Waals surface area contributed by atoms with Gasteiger partial charge in [-0.2, -0.15) is 0 Å². The third kappa shape index (κ3) is 7.58. The van der Waals surface area contributed by atoms with Crippen LogP contribution in [-0.4, -0.2) is 45.7 Å². The van der Waals surface area contributed by atoms with Crippen LogP contribution in [0.5, 0.6) is 0 Å². The Morgan fingerprint density at radius 2 is 1.74 bits per heavy atom. The van der Waals surface area contributed by atoms with Crippen LogP contribution in [0.2, 0.25) is 0 Å². The number of hydrogen-bond acceptors (Lipinski definition) is 4. The zero-order valence-corrected chi connectivity index (χ0v) is 10.6. The van der Waals surface area contributed by atoms with Crippen molar-refractivity contribution < 1.29 is 29.4 Å². The molecule has 0 aromatic carbocycles. The summed E-state index contributed by atoms with van der Waals surface area (Å²) >= 11 is 0. The molecule has 6 N–H and O–H groups in total. The van der Waals surface area contributed by atoms with Crippen LogP contribution < -0.4 is 16.4 Å². The summed E-state index contributed by atoms with van der Waals surface area (Å²) in [6.07, 6.45) is -0.893. The van der Waals surface area contributed by atoms with Gasteiger partial charge >= 0.3 is 18.0 Å². The molecule has 19 heavy (non-hydrogen) atoms. The molecule has 0 radical (unpaired) electrons. The zero-order chi connectivity index (χ0) is 15.2. The van der Waals surface area contributed by atoms with Crippen LogP contribution in [0.3, 0.4) is 0 Å². The molecule has 9 nitrogen and oxygen atoms in total. The van der Waals surface area contributed by atoms with Crippen LogP contribution in [-0.2, 0) is 14.4 Å². The van der Waals surface area contributed by atoms with Crippen molar-refractivity contribution in [3.8, 4) is 0 Å². The molecule has 0 aromatic rings. The van der Waals surface area contributed by atoms with Crippen LogP contribution in [0.15, 0.2) is 0 Å². The number of carbonyl (C=O) groups excluding carboxylic acids is 2. The third-order valence-electron chi connectivity index (χ3n) is 2.05. The van der Waals surface area contributed by atoms with E-state index in [1.165, 1.54) is 13.8 Å². The van der Waals surface area contributed by atoms with E-state index < -0.39 is 41.9 Å². The second-order valence-electron chi connectivity index (χ2n) is 4.61. The lowest BCUT2D eigenvalue weighted by Crippen LogP contribution is -2.54. The third-order valence-corrected chi connectivity index (χ3v) is 2.05. The smallest absolute Gasteiger partial charge is 0.326 e. The summed E-state index contributed by atoms with van der Waals surface area (Å²) in [6.45, 7) is 3.04. The van der Waals surface area contributed by atoms with Crippen LogP contribution in [0.25, 0.3) is 0 Å². The maximum absolute atomic E-state index is 11.5. The number of nitrogens with two attached hydrogens (primary N) is 1.